The van der Waals surface area contributed by atoms with Gasteiger partial charge in [-0.15, -0.1) is 0 Å². The van der Waals surface area contributed by atoms with Gasteiger partial charge in [0.2, 0.25) is 0 Å². The number of para-hydroxylation sites is 1. The van der Waals surface area contributed by atoms with E-state index in [4.69, 9.17) is 0 Å². The number of nitrogens with zero attached hydrogens (tertiary/aromatic N) is 1. The first-order valence-corrected chi connectivity index (χ1v) is 15.0. The van der Waals surface area contributed by atoms with Crippen molar-refractivity contribution < 1.29 is 9.59 Å². The minimum Gasteiger partial charge on any atom is -0.371 e. The normalized spacial score (nSPS) is 14.9. The smallest absolute Gasteiger partial charge is 0.159 e. The average Bonchev–Trinajstić information content (AvgIpc) is 2.96. The number of hydrogen-bond donors (Lipinski definition) is 0. The van der Waals surface area contributed by atoms with Crippen LogP contribution in [0.15, 0.2) is 65.8 Å². The van der Waals surface area contributed by atoms with E-state index in [-0.39, 0.29) is 11.6 Å². The van der Waals surface area contributed by atoms with E-state index in [0.29, 0.717) is 11.8 Å². The molecular formula is C36H53NO2. The number of carbonyl (C=O) groups excluding carboxylic acids is 2. The molecule has 0 bridgehead atoms. The molecule has 1 saturated heterocycles. The molecule has 0 aromatic heterocycles. The monoisotopic (exact) mass is 531 g/mol. The molecule has 0 saturated carbocycles. The van der Waals surface area contributed by atoms with Crippen molar-refractivity contribution in [3.8, 4) is 0 Å². The fourth-order valence-corrected chi connectivity index (χ4v) is 5.33. The van der Waals surface area contributed by atoms with Crippen molar-refractivity contribution in [2.45, 2.75) is 101 Å². The van der Waals surface area contributed by atoms with Gasteiger partial charge in [-0.05, 0) is 94.0 Å². The van der Waals surface area contributed by atoms with Gasteiger partial charge in [-0.3, -0.25) is 9.59 Å². The molecule has 1 heterocycles. The Bertz CT molecular complexity index is 1110. The number of rotatable bonds is 5. The van der Waals surface area contributed by atoms with E-state index < -0.39 is 0 Å². The van der Waals surface area contributed by atoms with Crippen LogP contribution < -0.4 is 4.90 Å². The quantitative estimate of drug-likeness (QED) is 0.360. The number of piperidine rings is 1. The summed E-state index contributed by atoms with van der Waals surface area (Å²) < 4.78 is 0. The number of anilines is 1. The Morgan fingerprint density at radius 2 is 1.46 bits per heavy atom. The fourth-order valence-electron chi connectivity index (χ4n) is 5.33. The lowest BCUT2D eigenvalue weighted by Crippen LogP contribution is -2.33. The van der Waals surface area contributed by atoms with Crippen LogP contribution in [0.3, 0.4) is 0 Å². The van der Waals surface area contributed by atoms with Crippen LogP contribution in [0.25, 0.3) is 0 Å². The summed E-state index contributed by atoms with van der Waals surface area (Å²) in [6.07, 6.45) is 8.56. The van der Waals surface area contributed by atoms with E-state index in [1.54, 1.807) is 13.8 Å². The molecule has 1 fully saturated rings. The summed E-state index contributed by atoms with van der Waals surface area (Å²) in [5.74, 6) is 1.47. The van der Waals surface area contributed by atoms with E-state index >= 15 is 0 Å². The van der Waals surface area contributed by atoms with Crippen molar-refractivity contribution in [1.82, 2.24) is 0 Å². The van der Waals surface area contributed by atoms with Crippen molar-refractivity contribution in [3.05, 3.63) is 88.0 Å². The number of carbonyl (C=O) groups is 2. The van der Waals surface area contributed by atoms with Crippen LogP contribution in [0.2, 0.25) is 0 Å². The van der Waals surface area contributed by atoms with Gasteiger partial charge in [-0.1, -0.05) is 89.6 Å². The molecule has 3 nitrogen and oxygen atoms in total. The first kappa shape index (κ1) is 34.1. The molecule has 3 heteroatoms. The van der Waals surface area contributed by atoms with Crippen molar-refractivity contribution in [2.24, 2.45) is 5.92 Å². The number of allylic oxidation sites excluding steroid dienone is 4. The van der Waals surface area contributed by atoms with Gasteiger partial charge in [0.1, 0.15) is 0 Å². The second-order valence-electron chi connectivity index (χ2n) is 10.3. The molecule has 214 valence electrons. The van der Waals surface area contributed by atoms with Gasteiger partial charge in [0, 0.05) is 29.9 Å². The first-order chi connectivity index (χ1) is 18.7. The number of benzene rings is 2. The van der Waals surface area contributed by atoms with Crippen molar-refractivity contribution in [1.29, 1.82) is 0 Å². The van der Waals surface area contributed by atoms with Crippen LogP contribution in [-0.2, 0) is 4.79 Å². The third kappa shape index (κ3) is 9.95. The topological polar surface area (TPSA) is 37.4 Å². The molecule has 0 unspecified atom stereocenters. The van der Waals surface area contributed by atoms with E-state index in [1.165, 1.54) is 40.8 Å². The second kappa shape index (κ2) is 17.6. The van der Waals surface area contributed by atoms with Gasteiger partial charge in [-0.25, -0.2) is 0 Å². The maximum absolute atomic E-state index is 11.5. The first-order valence-electron chi connectivity index (χ1n) is 15.0. The Hall–Kier alpha value is -2.94. The number of ketones is 2. The van der Waals surface area contributed by atoms with E-state index in [0.717, 1.165) is 37.1 Å². The van der Waals surface area contributed by atoms with Crippen LogP contribution in [0, 0.1) is 19.8 Å². The molecular weight excluding hydrogens is 478 g/mol. The Labute approximate surface area is 239 Å². The molecule has 4 rings (SSSR count). The lowest BCUT2D eigenvalue weighted by molar-refractivity contribution is -0.113. The molecule has 0 amide bonds. The van der Waals surface area contributed by atoms with Gasteiger partial charge in [0.05, 0.1) is 0 Å². The number of hydrogen-bond acceptors (Lipinski definition) is 3. The third-order valence-electron chi connectivity index (χ3n) is 7.35. The minimum absolute atomic E-state index is 0.147. The Morgan fingerprint density at radius 3 is 1.95 bits per heavy atom. The van der Waals surface area contributed by atoms with Crippen LogP contribution in [0.1, 0.15) is 114 Å². The summed E-state index contributed by atoms with van der Waals surface area (Å²) in [6.45, 7) is 22.1. The van der Waals surface area contributed by atoms with Gasteiger partial charge in [0.15, 0.2) is 11.6 Å². The van der Waals surface area contributed by atoms with Crippen LogP contribution in [0.5, 0.6) is 0 Å². The Balaban J connectivity index is 0.000000402. The second-order valence-corrected chi connectivity index (χ2v) is 10.3. The van der Waals surface area contributed by atoms with Crippen LogP contribution >= 0.6 is 0 Å². The molecule has 0 atom stereocenters. The maximum atomic E-state index is 11.5. The number of aryl methyl sites for hydroxylation is 2. The van der Waals surface area contributed by atoms with Crippen LogP contribution in [0.4, 0.5) is 5.69 Å². The highest BCUT2D eigenvalue weighted by Crippen LogP contribution is 2.33. The lowest BCUT2D eigenvalue weighted by atomic mass is 9.85. The summed E-state index contributed by atoms with van der Waals surface area (Å²) in [4.78, 5) is 25.2. The highest BCUT2D eigenvalue weighted by molar-refractivity contribution is 5.97. The van der Waals surface area contributed by atoms with E-state index in [2.05, 4.69) is 69.0 Å². The summed E-state index contributed by atoms with van der Waals surface area (Å²) in [5.41, 5.74) is 8.49. The molecule has 39 heavy (non-hydrogen) atoms. The SMILES string of the molecule is CC.CC.CC(=O)C1=C(C(C)C)CCC=C1.CC(=O)c1ccc(C2CCN(c3ccccc3C)CC2)c(C)c1. The van der Waals surface area contributed by atoms with E-state index in [1.807, 2.05) is 45.9 Å². The number of Topliss-reactive ketones (excluding diaryl/α,β-unsaturated/α-hetero) is 2. The minimum atomic E-state index is 0.147. The highest BCUT2D eigenvalue weighted by atomic mass is 16.1. The largest absolute Gasteiger partial charge is 0.371 e. The van der Waals surface area contributed by atoms with Gasteiger partial charge in [0.25, 0.3) is 0 Å². The van der Waals surface area contributed by atoms with Gasteiger partial charge in [-0.2, -0.15) is 0 Å². The van der Waals surface area contributed by atoms with Crippen molar-refractivity contribution in [3.63, 3.8) is 0 Å². The van der Waals surface area contributed by atoms with Gasteiger partial charge >= 0.3 is 0 Å². The zero-order valence-corrected chi connectivity index (χ0v) is 26.4. The predicted molar refractivity (Wildman–Crippen MR) is 170 cm³/mol. The summed E-state index contributed by atoms with van der Waals surface area (Å²) in [5, 5.41) is 0. The molecule has 0 N–H and O–H groups in total. The predicted octanol–water partition coefficient (Wildman–Crippen LogP) is 9.82. The third-order valence-corrected chi connectivity index (χ3v) is 7.35. The fraction of sp³-hybridized carbons (Fsp3) is 0.500. The lowest BCUT2D eigenvalue weighted by Gasteiger charge is -2.35. The van der Waals surface area contributed by atoms with E-state index in [9.17, 15) is 9.59 Å². The highest BCUT2D eigenvalue weighted by Gasteiger charge is 2.23. The van der Waals surface area contributed by atoms with Crippen molar-refractivity contribution >= 4 is 17.3 Å². The molecule has 0 radical (unpaired) electrons. The molecule has 2 aliphatic rings. The zero-order chi connectivity index (χ0) is 29.5. The Kier molecular flexibility index (Phi) is 15.4. The van der Waals surface area contributed by atoms with Gasteiger partial charge < -0.3 is 4.90 Å². The summed E-state index contributed by atoms with van der Waals surface area (Å²) in [6, 6.07) is 14.8. The standard InChI is InChI=1S/C21H25NO.C11H16O.2C2H6/c1-15-6-4-5-7-21(15)22-12-10-18(11-13-22)20-9-8-19(17(3)23)14-16(20)2;1-8(2)10-6-4-5-7-11(10)9(3)12;2*1-2/h4-9,14,18H,10-13H2,1-3H3;5,7-8H,4,6H2,1-3H3;2*1-2H3. The summed E-state index contributed by atoms with van der Waals surface area (Å²) in [7, 11) is 0. The summed E-state index contributed by atoms with van der Waals surface area (Å²) >= 11 is 0. The molecule has 1 aliphatic carbocycles. The zero-order valence-electron chi connectivity index (χ0n) is 26.4. The van der Waals surface area contributed by atoms with Crippen molar-refractivity contribution in [2.75, 3.05) is 18.0 Å². The van der Waals surface area contributed by atoms with Crippen LogP contribution in [-0.4, -0.2) is 24.7 Å². The Morgan fingerprint density at radius 1 is 0.846 bits per heavy atom. The molecule has 0 spiro atoms. The molecule has 2 aromatic rings. The average molecular weight is 532 g/mol. The molecule has 2 aromatic carbocycles. The maximum Gasteiger partial charge on any atom is 0.159 e. The molecule has 1 aliphatic heterocycles.